The van der Waals surface area contributed by atoms with Crippen molar-refractivity contribution in [1.82, 2.24) is 0 Å². The van der Waals surface area contributed by atoms with E-state index < -0.39 is 11.9 Å². The highest BCUT2D eigenvalue weighted by atomic mass is 16.5. The van der Waals surface area contributed by atoms with Gasteiger partial charge in [-0.05, 0) is 80.7 Å². The molecular formula is C37H44N4O8. The number of carbonyl (C=O) groups excluding carboxylic acids is 4. The molecule has 0 aromatic heterocycles. The molecule has 0 heterocycles. The summed E-state index contributed by atoms with van der Waals surface area (Å²) in [6.45, 7) is 5.53. The predicted octanol–water partition coefficient (Wildman–Crippen LogP) is 5.24. The van der Waals surface area contributed by atoms with Crippen LogP contribution in [0.3, 0.4) is 0 Å². The molecule has 0 fully saturated rings. The first-order chi connectivity index (χ1) is 23.6. The lowest BCUT2D eigenvalue weighted by atomic mass is 10.1. The fourth-order valence-corrected chi connectivity index (χ4v) is 4.43. The second-order valence-corrected chi connectivity index (χ2v) is 10.8. The van der Waals surface area contributed by atoms with E-state index in [1.807, 2.05) is 60.3 Å². The van der Waals surface area contributed by atoms with E-state index in [1.165, 1.54) is 12.2 Å². The molecule has 49 heavy (non-hydrogen) atoms. The van der Waals surface area contributed by atoms with E-state index >= 15 is 0 Å². The van der Waals surface area contributed by atoms with E-state index in [0.29, 0.717) is 43.5 Å². The van der Waals surface area contributed by atoms with Crippen LogP contribution in [0.5, 0.6) is 0 Å². The van der Waals surface area contributed by atoms with E-state index in [4.69, 9.17) is 18.9 Å². The maximum atomic E-state index is 12.1. The van der Waals surface area contributed by atoms with Gasteiger partial charge >= 0.3 is 23.9 Å². The van der Waals surface area contributed by atoms with Gasteiger partial charge in [-0.1, -0.05) is 24.3 Å². The molecular weight excluding hydrogens is 628 g/mol. The van der Waals surface area contributed by atoms with Crippen LogP contribution in [-0.4, -0.2) is 77.5 Å². The van der Waals surface area contributed by atoms with Crippen molar-refractivity contribution in [3.05, 3.63) is 70.8 Å². The zero-order valence-electron chi connectivity index (χ0n) is 28.6. The Morgan fingerprint density at radius 1 is 0.612 bits per heavy atom. The zero-order valence-corrected chi connectivity index (χ0v) is 28.6. The third kappa shape index (κ3) is 14.8. The summed E-state index contributed by atoms with van der Waals surface area (Å²) in [5, 5.41) is 18.4. The SMILES string of the molecule is CCOC(=O)/C(C#N)=C/c1ccc(N(C)CCCOC(=O)CCCC(=O)OCCCN(C)c2ccc(/C=C(\C#N)C(=O)OCC)cc2)cc1. The van der Waals surface area contributed by atoms with Gasteiger partial charge in [0.2, 0.25) is 0 Å². The maximum Gasteiger partial charge on any atom is 0.348 e. The Bertz CT molecular complexity index is 1420. The summed E-state index contributed by atoms with van der Waals surface area (Å²) in [6.07, 6.45) is 4.78. The van der Waals surface area contributed by atoms with E-state index in [-0.39, 0.29) is 62.4 Å². The highest BCUT2D eigenvalue weighted by Gasteiger charge is 2.12. The normalized spacial score (nSPS) is 11.1. The van der Waals surface area contributed by atoms with Crippen LogP contribution in [0.1, 0.15) is 57.1 Å². The molecule has 0 N–H and O–H groups in total. The summed E-state index contributed by atoms with van der Waals surface area (Å²) in [7, 11) is 3.82. The van der Waals surface area contributed by atoms with Crippen LogP contribution < -0.4 is 9.80 Å². The number of nitriles is 2. The maximum absolute atomic E-state index is 12.1. The molecule has 0 unspecified atom stereocenters. The van der Waals surface area contributed by atoms with Crippen LogP contribution in [-0.2, 0) is 38.1 Å². The number of ether oxygens (including phenoxy) is 4. The van der Waals surface area contributed by atoms with Gasteiger partial charge in [-0.25, -0.2) is 9.59 Å². The lowest BCUT2D eigenvalue weighted by Gasteiger charge is -2.19. The van der Waals surface area contributed by atoms with Crippen LogP contribution in [0.25, 0.3) is 12.2 Å². The Morgan fingerprint density at radius 3 is 1.31 bits per heavy atom. The molecule has 2 aromatic rings. The Morgan fingerprint density at radius 2 is 0.980 bits per heavy atom. The molecule has 0 saturated carbocycles. The Labute approximate surface area is 288 Å². The van der Waals surface area contributed by atoms with E-state index in [1.54, 1.807) is 38.1 Å². The summed E-state index contributed by atoms with van der Waals surface area (Å²) < 4.78 is 20.4. The number of nitrogens with zero attached hydrogens (tertiary/aromatic N) is 4. The topological polar surface area (TPSA) is 159 Å². The van der Waals surface area contributed by atoms with Gasteiger partial charge < -0.3 is 28.7 Å². The fraction of sp³-hybridized carbons (Fsp3) is 0.405. The first-order valence-corrected chi connectivity index (χ1v) is 16.1. The largest absolute Gasteiger partial charge is 0.466 e. The Balaban J connectivity index is 1.60. The van der Waals surface area contributed by atoms with Crippen LogP contribution in [0.4, 0.5) is 11.4 Å². The molecule has 260 valence electrons. The van der Waals surface area contributed by atoms with Gasteiger partial charge in [0.1, 0.15) is 23.3 Å². The summed E-state index contributed by atoms with van der Waals surface area (Å²) in [5.74, 6) is -2.04. The predicted molar refractivity (Wildman–Crippen MR) is 185 cm³/mol. The van der Waals surface area contributed by atoms with Crippen molar-refractivity contribution >= 4 is 47.4 Å². The summed E-state index contributed by atoms with van der Waals surface area (Å²) in [6, 6.07) is 18.4. The van der Waals surface area contributed by atoms with Crippen LogP contribution in [0.15, 0.2) is 59.7 Å². The number of rotatable bonds is 20. The second kappa shape index (κ2) is 22.0. The lowest BCUT2D eigenvalue weighted by Crippen LogP contribution is -2.20. The van der Waals surface area contributed by atoms with E-state index in [0.717, 1.165) is 11.4 Å². The van der Waals surface area contributed by atoms with Gasteiger partial charge in [-0.3, -0.25) is 9.59 Å². The average molecular weight is 673 g/mol. The second-order valence-electron chi connectivity index (χ2n) is 10.8. The van der Waals surface area contributed by atoms with Gasteiger partial charge in [0.05, 0.1) is 26.4 Å². The number of esters is 4. The molecule has 0 bridgehead atoms. The molecule has 0 atom stereocenters. The van der Waals surface area contributed by atoms with Crippen LogP contribution in [0.2, 0.25) is 0 Å². The molecule has 0 aliphatic carbocycles. The number of benzene rings is 2. The first kappa shape index (κ1) is 39.6. The Kier molecular flexibility index (Phi) is 17.8. The fourth-order valence-electron chi connectivity index (χ4n) is 4.43. The molecule has 12 nitrogen and oxygen atoms in total. The minimum Gasteiger partial charge on any atom is -0.466 e. The van der Waals surface area contributed by atoms with Gasteiger partial charge in [0.15, 0.2) is 0 Å². The van der Waals surface area contributed by atoms with Crippen molar-refractivity contribution < 1.29 is 38.1 Å². The molecule has 0 radical (unpaired) electrons. The minimum atomic E-state index is -0.654. The van der Waals surface area contributed by atoms with E-state index in [9.17, 15) is 29.7 Å². The molecule has 0 saturated heterocycles. The highest BCUT2D eigenvalue weighted by Crippen LogP contribution is 2.18. The van der Waals surface area contributed by atoms with Crippen molar-refractivity contribution in [3.8, 4) is 12.1 Å². The highest BCUT2D eigenvalue weighted by molar-refractivity contribution is 5.98. The zero-order chi connectivity index (χ0) is 36.0. The monoisotopic (exact) mass is 672 g/mol. The number of carbonyl (C=O) groups is 4. The van der Waals surface area contributed by atoms with Gasteiger partial charge in [0.25, 0.3) is 0 Å². The molecule has 0 aliphatic rings. The lowest BCUT2D eigenvalue weighted by molar-refractivity contribution is -0.145. The minimum absolute atomic E-state index is 0.0665. The number of hydrogen-bond acceptors (Lipinski definition) is 12. The first-order valence-electron chi connectivity index (χ1n) is 16.1. The molecule has 0 amide bonds. The summed E-state index contributed by atoms with van der Waals surface area (Å²) in [5.41, 5.74) is 3.12. The quantitative estimate of drug-likeness (QED) is 0.0593. The molecule has 2 aromatic carbocycles. The van der Waals surface area contributed by atoms with Crippen molar-refractivity contribution in [2.45, 2.75) is 46.0 Å². The summed E-state index contributed by atoms with van der Waals surface area (Å²) in [4.78, 5) is 51.8. The van der Waals surface area contributed by atoms with E-state index in [2.05, 4.69) is 0 Å². The van der Waals surface area contributed by atoms with Crippen molar-refractivity contribution in [1.29, 1.82) is 10.5 Å². The number of hydrogen-bond donors (Lipinski definition) is 0. The third-order valence-corrected chi connectivity index (χ3v) is 7.08. The Hall–Kier alpha value is -5.62. The molecule has 0 spiro atoms. The molecule has 12 heteroatoms. The van der Waals surface area contributed by atoms with Crippen LogP contribution >= 0.6 is 0 Å². The van der Waals surface area contributed by atoms with Crippen molar-refractivity contribution in [3.63, 3.8) is 0 Å². The van der Waals surface area contributed by atoms with Crippen molar-refractivity contribution in [2.24, 2.45) is 0 Å². The molecule has 0 aliphatic heterocycles. The standard InChI is InChI=1S/C37H44N4O8/c1-5-46-36(44)30(26-38)24-28-12-16-32(17-13-28)40(3)20-8-22-48-34(42)10-7-11-35(43)49-23-9-21-41(4)33-18-14-29(15-19-33)25-31(27-39)37(45)47-6-2/h12-19,24-25H,5-11,20-23H2,1-4H3/b30-24+,31-25+. The number of anilines is 2. The smallest absolute Gasteiger partial charge is 0.348 e. The van der Waals surface area contributed by atoms with Crippen LogP contribution in [0, 0.1) is 22.7 Å². The molecule has 2 rings (SSSR count). The van der Waals surface area contributed by atoms with Gasteiger partial charge in [-0.2, -0.15) is 10.5 Å². The van der Waals surface area contributed by atoms with Crippen molar-refractivity contribution in [2.75, 3.05) is 63.4 Å². The average Bonchev–Trinajstić information content (AvgIpc) is 3.10. The summed E-state index contributed by atoms with van der Waals surface area (Å²) >= 11 is 0. The van der Waals surface area contributed by atoms with Gasteiger partial charge in [-0.15, -0.1) is 0 Å². The van der Waals surface area contributed by atoms with Gasteiger partial charge in [0, 0.05) is 51.4 Å². The third-order valence-electron chi connectivity index (χ3n) is 7.08.